The Kier molecular flexibility index (Phi) is 5.42. The summed E-state index contributed by atoms with van der Waals surface area (Å²) in [4.78, 5) is 22.7. The van der Waals surface area contributed by atoms with Crippen molar-refractivity contribution in [3.8, 4) is 0 Å². The van der Waals surface area contributed by atoms with Gasteiger partial charge in [-0.2, -0.15) is 0 Å². The summed E-state index contributed by atoms with van der Waals surface area (Å²) in [5.41, 5.74) is 0.697. The van der Waals surface area contributed by atoms with E-state index in [1.165, 1.54) is 43.3 Å². The van der Waals surface area contributed by atoms with E-state index in [0.29, 0.717) is 16.4 Å². The van der Waals surface area contributed by atoms with Gasteiger partial charge in [0.15, 0.2) is 0 Å². The Morgan fingerprint density at radius 2 is 1.62 bits per heavy atom. The predicted molar refractivity (Wildman–Crippen MR) is 91.5 cm³/mol. The Labute approximate surface area is 144 Å². The second kappa shape index (κ2) is 7.33. The molecule has 0 atom stereocenters. The summed E-state index contributed by atoms with van der Waals surface area (Å²) in [6.07, 6.45) is 0. The SMILES string of the molecule is CC(=O)Nc1cccc(S(=O)(=O)NC(=O)Nc2ccc(Cl)cc2)c1. The first-order chi connectivity index (χ1) is 11.3. The van der Waals surface area contributed by atoms with E-state index in [2.05, 4.69) is 10.6 Å². The lowest BCUT2D eigenvalue weighted by Crippen LogP contribution is -2.34. The molecule has 0 aliphatic rings. The number of carbonyl (C=O) groups is 2. The van der Waals surface area contributed by atoms with Crippen molar-refractivity contribution < 1.29 is 18.0 Å². The van der Waals surface area contributed by atoms with E-state index in [0.717, 1.165) is 0 Å². The zero-order chi connectivity index (χ0) is 17.7. The average Bonchev–Trinajstić information content (AvgIpc) is 2.48. The van der Waals surface area contributed by atoms with Crippen molar-refractivity contribution in [1.82, 2.24) is 4.72 Å². The number of carbonyl (C=O) groups excluding carboxylic acids is 2. The molecule has 3 amide bonds. The molecule has 0 aromatic heterocycles. The van der Waals surface area contributed by atoms with Gasteiger partial charge >= 0.3 is 6.03 Å². The van der Waals surface area contributed by atoms with Crippen molar-refractivity contribution in [3.63, 3.8) is 0 Å². The lowest BCUT2D eigenvalue weighted by Gasteiger charge is -2.10. The normalized spacial score (nSPS) is 10.8. The van der Waals surface area contributed by atoms with Crippen molar-refractivity contribution in [2.24, 2.45) is 0 Å². The second-order valence-corrected chi connectivity index (χ2v) is 6.89. The standard InChI is InChI=1S/C15H14ClN3O4S/c1-10(20)17-13-3-2-4-14(9-13)24(22,23)19-15(21)18-12-7-5-11(16)6-8-12/h2-9H,1H3,(H,17,20)(H2,18,19,21). The van der Waals surface area contributed by atoms with Crippen LogP contribution in [0.5, 0.6) is 0 Å². The highest BCUT2D eigenvalue weighted by molar-refractivity contribution is 7.90. The molecule has 2 aromatic carbocycles. The van der Waals surface area contributed by atoms with Crippen LogP contribution >= 0.6 is 11.6 Å². The number of anilines is 2. The first kappa shape index (κ1) is 17.8. The fraction of sp³-hybridized carbons (Fsp3) is 0.0667. The first-order valence-electron chi connectivity index (χ1n) is 6.73. The lowest BCUT2D eigenvalue weighted by molar-refractivity contribution is -0.114. The summed E-state index contributed by atoms with van der Waals surface area (Å²) >= 11 is 5.73. The molecule has 0 radical (unpaired) electrons. The van der Waals surface area contributed by atoms with E-state index in [1.807, 2.05) is 4.72 Å². The molecule has 24 heavy (non-hydrogen) atoms. The van der Waals surface area contributed by atoms with Crippen molar-refractivity contribution >= 4 is 44.9 Å². The van der Waals surface area contributed by atoms with Crippen LogP contribution in [0.3, 0.4) is 0 Å². The summed E-state index contributed by atoms with van der Waals surface area (Å²) < 4.78 is 26.3. The Morgan fingerprint density at radius 1 is 0.958 bits per heavy atom. The van der Waals surface area contributed by atoms with Gasteiger partial charge in [0.25, 0.3) is 10.0 Å². The van der Waals surface area contributed by atoms with E-state index in [1.54, 1.807) is 12.1 Å². The van der Waals surface area contributed by atoms with Crippen molar-refractivity contribution in [1.29, 1.82) is 0 Å². The third-order valence-corrected chi connectivity index (χ3v) is 4.37. The van der Waals surface area contributed by atoms with E-state index in [9.17, 15) is 18.0 Å². The van der Waals surface area contributed by atoms with Crippen LogP contribution in [-0.2, 0) is 14.8 Å². The maximum Gasteiger partial charge on any atom is 0.333 e. The molecule has 0 saturated carbocycles. The maximum atomic E-state index is 12.2. The Morgan fingerprint density at radius 3 is 2.25 bits per heavy atom. The van der Waals surface area contributed by atoms with Crippen LogP contribution in [-0.4, -0.2) is 20.4 Å². The highest BCUT2D eigenvalue weighted by Gasteiger charge is 2.18. The van der Waals surface area contributed by atoms with Crippen LogP contribution in [0.4, 0.5) is 16.2 Å². The van der Waals surface area contributed by atoms with E-state index in [4.69, 9.17) is 11.6 Å². The van der Waals surface area contributed by atoms with Crippen LogP contribution in [0.15, 0.2) is 53.4 Å². The number of halogens is 1. The van der Waals surface area contributed by atoms with Crippen molar-refractivity contribution in [2.75, 3.05) is 10.6 Å². The Balaban J connectivity index is 2.11. The van der Waals surface area contributed by atoms with Gasteiger partial charge in [0.2, 0.25) is 5.91 Å². The van der Waals surface area contributed by atoms with Crippen LogP contribution in [0.1, 0.15) is 6.92 Å². The predicted octanol–water partition coefficient (Wildman–Crippen LogP) is 2.81. The highest BCUT2D eigenvalue weighted by Crippen LogP contribution is 2.16. The zero-order valence-corrected chi connectivity index (χ0v) is 14.1. The van der Waals surface area contributed by atoms with Gasteiger partial charge in [-0.05, 0) is 42.5 Å². The number of nitrogens with one attached hydrogen (secondary N) is 3. The summed E-state index contributed by atoms with van der Waals surface area (Å²) in [6, 6.07) is 10.8. The molecule has 2 rings (SSSR count). The molecule has 9 heteroatoms. The summed E-state index contributed by atoms with van der Waals surface area (Å²) in [5.74, 6) is -0.335. The summed E-state index contributed by atoms with van der Waals surface area (Å²) in [6.45, 7) is 1.30. The molecule has 3 N–H and O–H groups in total. The van der Waals surface area contributed by atoms with Gasteiger partial charge in [-0.15, -0.1) is 0 Å². The number of urea groups is 1. The molecule has 0 aliphatic heterocycles. The Bertz CT molecular complexity index is 867. The van der Waals surface area contributed by atoms with Gasteiger partial charge in [-0.3, -0.25) is 4.79 Å². The molecule has 0 unspecified atom stereocenters. The van der Waals surface area contributed by atoms with Gasteiger partial charge in [-0.25, -0.2) is 17.9 Å². The average molecular weight is 368 g/mol. The first-order valence-corrected chi connectivity index (χ1v) is 8.59. The highest BCUT2D eigenvalue weighted by atomic mass is 35.5. The fourth-order valence-electron chi connectivity index (χ4n) is 1.82. The van der Waals surface area contributed by atoms with Crippen LogP contribution in [0.25, 0.3) is 0 Å². The number of hydrogen-bond donors (Lipinski definition) is 3. The fourth-order valence-corrected chi connectivity index (χ4v) is 2.89. The minimum absolute atomic E-state index is 0.153. The molecule has 0 spiro atoms. The molecule has 0 heterocycles. The van der Waals surface area contributed by atoms with Crippen LogP contribution < -0.4 is 15.4 Å². The number of benzene rings is 2. The molecule has 0 fully saturated rings. The van der Waals surface area contributed by atoms with Gasteiger partial charge in [0.05, 0.1) is 4.90 Å². The van der Waals surface area contributed by atoms with Crippen molar-refractivity contribution in [2.45, 2.75) is 11.8 Å². The van der Waals surface area contributed by atoms with Crippen molar-refractivity contribution in [3.05, 3.63) is 53.6 Å². The topological polar surface area (TPSA) is 104 Å². The largest absolute Gasteiger partial charge is 0.333 e. The number of amides is 3. The summed E-state index contributed by atoms with van der Waals surface area (Å²) in [5, 5.41) is 5.34. The third kappa shape index (κ3) is 4.97. The molecule has 0 saturated heterocycles. The maximum absolute atomic E-state index is 12.2. The number of hydrogen-bond acceptors (Lipinski definition) is 4. The molecule has 7 nitrogen and oxygen atoms in total. The van der Waals surface area contributed by atoms with Gasteiger partial charge in [0.1, 0.15) is 0 Å². The molecule has 0 bridgehead atoms. The Hall–Kier alpha value is -2.58. The molecular formula is C15H14ClN3O4S. The third-order valence-electron chi connectivity index (χ3n) is 2.79. The van der Waals surface area contributed by atoms with E-state index < -0.39 is 16.1 Å². The minimum Gasteiger partial charge on any atom is -0.326 e. The zero-order valence-electron chi connectivity index (χ0n) is 12.5. The summed E-state index contributed by atoms with van der Waals surface area (Å²) in [7, 11) is -4.09. The monoisotopic (exact) mass is 367 g/mol. The number of sulfonamides is 1. The van der Waals surface area contributed by atoms with Gasteiger partial charge in [-0.1, -0.05) is 17.7 Å². The molecule has 126 valence electrons. The second-order valence-electron chi connectivity index (χ2n) is 4.78. The smallest absolute Gasteiger partial charge is 0.326 e. The van der Waals surface area contributed by atoms with Crippen LogP contribution in [0, 0.1) is 0 Å². The number of rotatable bonds is 4. The quantitative estimate of drug-likeness (QED) is 0.772. The lowest BCUT2D eigenvalue weighted by atomic mass is 10.3. The molecule has 2 aromatic rings. The minimum atomic E-state index is -4.09. The van der Waals surface area contributed by atoms with Gasteiger partial charge in [0, 0.05) is 23.3 Å². The van der Waals surface area contributed by atoms with E-state index in [-0.39, 0.29) is 10.8 Å². The van der Waals surface area contributed by atoms with Gasteiger partial charge < -0.3 is 10.6 Å². The van der Waals surface area contributed by atoms with E-state index >= 15 is 0 Å². The van der Waals surface area contributed by atoms with Crippen LogP contribution in [0.2, 0.25) is 5.02 Å². The molecular weight excluding hydrogens is 354 g/mol. The molecule has 0 aliphatic carbocycles.